The summed E-state index contributed by atoms with van der Waals surface area (Å²) in [5, 5.41) is 7.63. The molecule has 2 aromatic carbocycles. The Bertz CT molecular complexity index is 1020. The minimum absolute atomic E-state index is 0.154. The van der Waals surface area contributed by atoms with Gasteiger partial charge in [0.2, 0.25) is 0 Å². The van der Waals surface area contributed by atoms with Crippen LogP contribution in [0.3, 0.4) is 0 Å². The number of benzene rings is 2. The van der Waals surface area contributed by atoms with E-state index in [9.17, 15) is 9.18 Å². The van der Waals surface area contributed by atoms with E-state index in [4.69, 9.17) is 21.1 Å². The van der Waals surface area contributed by atoms with Crippen molar-refractivity contribution in [3.63, 3.8) is 0 Å². The molecule has 0 fully saturated rings. The first-order valence-electron chi connectivity index (χ1n) is 8.85. The smallest absolute Gasteiger partial charge is 0.256 e. The van der Waals surface area contributed by atoms with Gasteiger partial charge in [0.05, 0.1) is 37.8 Å². The van der Waals surface area contributed by atoms with E-state index in [0.717, 1.165) is 0 Å². The maximum Gasteiger partial charge on any atom is 0.256 e. The molecule has 0 aliphatic carbocycles. The SMILES string of the molecule is COc1cc(OC)cc(C(=O)Nc2c(C)nn(Cc3c(F)cccc3Cl)c2C)c1. The highest BCUT2D eigenvalue weighted by atomic mass is 35.5. The van der Waals surface area contributed by atoms with Gasteiger partial charge in [-0.2, -0.15) is 5.10 Å². The fourth-order valence-corrected chi connectivity index (χ4v) is 3.21. The first-order chi connectivity index (χ1) is 13.8. The van der Waals surface area contributed by atoms with E-state index in [-0.39, 0.29) is 12.5 Å². The van der Waals surface area contributed by atoms with Crippen LogP contribution in [-0.2, 0) is 6.54 Å². The molecular formula is C21H21ClFN3O3. The van der Waals surface area contributed by atoms with Gasteiger partial charge in [0.15, 0.2) is 0 Å². The molecule has 152 valence electrons. The minimum Gasteiger partial charge on any atom is -0.497 e. The van der Waals surface area contributed by atoms with Crippen LogP contribution in [0.4, 0.5) is 10.1 Å². The first-order valence-corrected chi connectivity index (χ1v) is 9.23. The number of methoxy groups -OCH3 is 2. The highest BCUT2D eigenvalue weighted by molar-refractivity contribution is 6.31. The number of ether oxygens (including phenoxy) is 2. The Kier molecular flexibility index (Phi) is 6.08. The van der Waals surface area contributed by atoms with Crippen LogP contribution < -0.4 is 14.8 Å². The number of aryl methyl sites for hydroxylation is 1. The molecule has 0 saturated heterocycles. The third kappa shape index (κ3) is 4.35. The van der Waals surface area contributed by atoms with Crippen molar-refractivity contribution in [1.29, 1.82) is 0 Å². The largest absolute Gasteiger partial charge is 0.497 e. The molecule has 0 aliphatic rings. The number of carbonyl (C=O) groups is 1. The standard InChI is InChI=1S/C21H21ClFN3O3/c1-12-20(24-21(27)14-8-15(28-3)10-16(9-14)29-4)13(2)26(25-12)11-17-18(22)6-5-7-19(17)23/h5-10H,11H2,1-4H3,(H,24,27). The zero-order valence-corrected chi connectivity index (χ0v) is 17.3. The Morgan fingerprint density at radius 3 is 2.41 bits per heavy atom. The summed E-state index contributed by atoms with van der Waals surface area (Å²) in [7, 11) is 3.03. The van der Waals surface area contributed by atoms with Crippen molar-refractivity contribution in [2.75, 3.05) is 19.5 Å². The molecule has 0 saturated carbocycles. The van der Waals surface area contributed by atoms with Gasteiger partial charge < -0.3 is 14.8 Å². The molecule has 8 heteroatoms. The number of carbonyl (C=O) groups excluding carboxylic acids is 1. The third-order valence-corrected chi connectivity index (χ3v) is 4.96. The number of hydrogen-bond donors (Lipinski definition) is 1. The number of halogens is 2. The second-order valence-corrected chi connectivity index (χ2v) is 6.87. The predicted molar refractivity (Wildman–Crippen MR) is 110 cm³/mol. The molecule has 0 atom stereocenters. The maximum absolute atomic E-state index is 14.1. The van der Waals surface area contributed by atoms with Crippen LogP contribution >= 0.6 is 11.6 Å². The Morgan fingerprint density at radius 1 is 1.17 bits per heavy atom. The lowest BCUT2D eigenvalue weighted by Gasteiger charge is -2.10. The van der Waals surface area contributed by atoms with E-state index in [2.05, 4.69) is 10.4 Å². The van der Waals surface area contributed by atoms with Gasteiger partial charge in [0, 0.05) is 22.2 Å². The normalized spacial score (nSPS) is 10.7. The van der Waals surface area contributed by atoms with Crippen molar-refractivity contribution in [3.8, 4) is 11.5 Å². The fourth-order valence-electron chi connectivity index (χ4n) is 2.99. The van der Waals surface area contributed by atoms with Gasteiger partial charge in [0.1, 0.15) is 17.3 Å². The third-order valence-electron chi connectivity index (χ3n) is 4.60. The summed E-state index contributed by atoms with van der Waals surface area (Å²) >= 11 is 6.13. The van der Waals surface area contributed by atoms with Crippen LogP contribution in [0.25, 0.3) is 0 Å². The summed E-state index contributed by atoms with van der Waals surface area (Å²) in [6, 6.07) is 9.45. The molecule has 0 bridgehead atoms. The summed E-state index contributed by atoms with van der Waals surface area (Å²) < 4.78 is 26.2. The minimum atomic E-state index is -0.404. The van der Waals surface area contributed by atoms with Crippen molar-refractivity contribution in [2.45, 2.75) is 20.4 Å². The van der Waals surface area contributed by atoms with Crippen molar-refractivity contribution >= 4 is 23.2 Å². The van der Waals surface area contributed by atoms with E-state index in [1.807, 2.05) is 0 Å². The molecule has 6 nitrogen and oxygen atoms in total. The van der Waals surface area contributed by atoms with E-state index >= 15 is 0 Å². The monoisotopic (exact) mass is 417 g/mol. The molecule has 1 amide bonds. The van der Waals surface area contributed by atoms with Crippen LogP contribution in [0.2, 0.25) is 5.02 Å². The lowest BCUT2D eigenvalue weighted by atomic mass is 10.1. The fraction of sp³-hybridized carbons (Fsp3) is 0.238. The molecule has 3 aromatic rings. The van der Waals surface area contributed by atoms with Crippen LogP contribution in [0, 0.1) is 19.7 Å². The predicted octanol–water partition coefficient (Wildman–Crippen LogP) is 4.61. The molecule has 0 spiro atoms. The highest BCUT2D eigenvalue weighted by Gasteiger charge is 2.18. The average Bonchev–Trinajstić information content (AvgIpc) is 2.97. The first kappa shape index (κ1) is 20.7. The summed E-state index contributed by atoms with van der Waals surface area (Å²) in [4.78, 5) is 12.8. The topological polar surface area (TPSA) is 65.4 Å². The van der Waals surface area contributed by atoms with Gasteiger partial charge >= 0.3 is 0 Å². The Hall–Kier alpha value is -3.06. The molecule has 1 heterocycles. The average molecular weight is 418 g/mol. The van der Waals surface area contributed by atoms with Crippen LogP contribution in [0.1, 0.15) is 27.3 Å². The number of aromatic nitrogens is 2. The van der Waals surface area contributed by atoms with Crippen LogP contribution in [0.15, 0.2) is 36.4 Å². The molecule has 3 rings (SSSR count). The van der Waals surface area contributed by atoms with Crippen molar-refractivity contribution in [2.24, 2.45) is 0 Å². The molecule has 1 N–H and O–H groups in total. The number of anilines is 1. The van der Waals surface area contributed by atoms with Crippen LogP contribution in [0.5, 0.6) is 11.5 Å². The zero-order valence-electron chi connectivity index (χ0n) is 16.5. The Labute approximate surface area is 173 Å². The quantitative estimate of drug-likeness (QED) is 0.636. The van der Waals surface area contributed by atoms with Crippen molar-refractivity contribution in [1.82, 2.24) is 9.78 Å². The molecule has 29 heavy (non-hydrogen) atoms. The Morgan fingerprint density at radius 2 is 1.83 bits per heavy atom. The Balaban J connectivity index is 1.88. The van der Waals surface area contributed by atoms with E-state index in [1.165, 1.54) is 20.3 Å². The van der Waals surface area contributed by atoms with Crippen molar-refractivity contribution in [3.05, 3.63) is 69.8 Å². The van der Waals surface area contributed by atoms with E-state index in [0.29, 0.717) is 44.7 Å². The second-order valence-electron chi connectivity index (χ2n) is 6.46. The molecule has 0 aliphatic heterocycles. The van der Waals surface area contributed by atoms with E-state index in [1.54, 1.807) is 48.9 Å². The number of nitrogens with zero attached hydrogens (tertiary/aromatic N) is 2. The zero-order chi connectivity index (χ0) is 21.1. The number of hydrogen-bond acceptors (Lipinski definition) is 4. The van der Waals surface area contributed by atoms with Crippen molar-refractivity contribution < 1.29 is 18.7 Å². The second kappa shape index (κ2) is 8.53. The highest BCUT2D eigenvalue weighted by Crippen LogP contribution is 2.27. The summed E-state index contributed by atoms with van der Waals surface area (Å²) in [5.41, 5.74) is 2.58. The van der Waals surface area contributed by atoms with Gasteiger partial charge in [0.25, 0.3) is 5.91 Å². The maximum atomic E-state index is 14.1. The summed E-state index contributed by atoms with van der Waals surface area (Å²) in [5.74, 6) is 0.275. The number of nitrogens with one attached hydrogen (secondary N) is 1. The van der Waals surface area contributed by atoms with Gasteiger partial charge in [-0.05, 0) is 38.1 Å². The van der Waals surface area contributed by atoms with E-state index < -0.39 is 5.82 Å². The van der Waals surface area contributed by atoms with Gasteiger partial charge in [-0.1, -0.05) is 17.7 Å². The van der Waals surface area contributed by atoms with Gasteiger partial charge in [-0.3, -0.25) is 9.48 Å². The molecule has 0 unspecified atom stereocenters. The van der Waals surface area contributed by atoms with Crippen LogP contribution in [-0.4, -0.2) is 29.9 Å². The lowest BCUT2D eigenvalue weighted by Crippen LogP contribution is -2.14. The summed E-state index contributed by atoms with van der Waals surface area (Å²) in [6.45, 7) is 3.73. The lowest BCUT2D eigenvalue weighted by molar-refractivity contribution is 0.102. The molecular weight excluding hydrogens is 397 g/mol. The van der Waals surface area contributed by atoms with Gasteiger partial charge in [-0.25, -0.2) is 4.39 Å². The molecule has 0 radical (unpaired) electrons. The number of rotatable bonds is 6. The molecule has 1 aromatic heterocycles. The summed E-state index contributed by atoms with van der Waals surface area (Å²) in [6.07, 6.45) is 0. The van der Waals surface area contributed by atoms with Gasteiger partial charge in [-0.15, -0.1) is 0 Å². The number of amides is 1.